The van der Waals surface area contributed by atoms with E-state index >= 15 is 0 Å². The highest BCUT2D eigenvalue weighted by molar-refractivity contribution is 6.33. The average Bonchev–Trinajstić information content (AvgIpc) is 3.10. The zero-order valence-corrected chi connectivity index (χ0v) is 17.9. The number of anilines is 1. The zero-order valence-electron chi connectivity index (χ0n) is 16.3. The Morgan fingerprint density at radius 3 is 2.48 bits per heavy atom. The first-order chi connectivity index (χ1) is 13.7. The first-order valence-corrected chi connectivity index (χ1v) is 9.80. The van der Waals surface area contributed by atoms with Crippen molar-refractivity contribution in [3.05, 3.63) is 71.3 Å². The SMILES string of the molecule is Cc1c(/C=C/CN2CCN(c3ccccc3Cl)CC2)cnn1-c1ncccn1.Cl. The van der Waals surface area contributed by atoms with E-state index in [1.54, 1.807) is 23.1 Å². The van der Waals surface area contributed by atoms with Gasteiger partial charge in [-0.15, -0.1) is 12.4 Å². The van der Waals surface area contributed by atoms with Gasteiger partial charge in [-0.25, -0.2) is 14.6 Å². The first-order valence-electron chi connectivity index (χ1n) is 9.43. The lowest BCUT2D eigenvalue weighted by molar-refractivity contribution is 0.284. The molecule has 0 atom stereocenters. The van der Waals surface area contributed by atoms with E-state index in [1.807, 2.05) is 31.3 Å². The number of hydrogen-bond acceptors (Lipinski definition) is 5. The predicted octanol–water partition coefficient (Wildman–Crippen LogP) is 3.88. The van der Waals surface area contributed by atoms with E-state index in [1.165, 1.54) is 0 Å². The molecule has 6 nitrogen and oxygen atoms in total. The lowest BCUT2D eigenvalue weighted by atomic mass is 10.2. The third kappa shape index (κ3) is 4.96. The van der Waals surface area contributed by atoms with Crippen LogP contribution in [0.1, 0.15) is 11.3 Å². The summed E-state index contributed by atoms with van der Waals surface area (Å²) in [6.07, 6.45) is 9.63. The molecule has 0 saturated carbocycles. The van der Waals surface area contributed by atoms with E-state index in [2.05, 4.69) is 43.1 Å². The highest BCUT2D eigenvalue weighted by Gasteiger charge is 2.17. The van der Waals surface area contributed by atoms with E-state index < -0.39 is 0 Å². The maximum absolute atomic E-state index is 6.32. The summed E-state index contributed by atoms with van der Waals surface area (Å²) < 4.78 is 1.77. The van der Waals surface area contributed by atoms with Crippen LogP contribution in [0.15, 0.2) is 55.0 Å². The first kappa shape index (κ1) is 21.3. The minimum absolute atomic E-state index is 0. The van der Waals surface area contributed by atoms with Gasteiger partial charge in [0.2, 0.25) is 0 Å². The van der Waals surface area contributed by atoms with Crippen LogP contribution in [0.2, 0.25) is 5.02 Å². The van der Waals surface area contributed by atoms with E-state index in [9.17, 15) is 0 Å². The fourth-order valence-electron chi connectivity index (χ4n) is 3.40. The van der Waals surface area contributed by atoms with E-state index in [0.717, 1.165) is 54.7 Å². The van der Waals surface area contributed by atoms with Crippen molar-refractivity contribution in [3.63, 3.8) is 0 Å². The molecule has 0 unspecified atom stereocenters. The zero-order chi connectivity index (χ0) is 19.3. The van der Waals surface area contributed by atoms with Gasteiger partial charge in [-0.3, -0.25) is 4.90 Å². The summed E-state index contributed by atoms with van der Waals surface area (Å²) in [4.78, 5) is 13.3. The van der Waals surface area contributed by atoms with Crippen molar-refractivity contribution >= 4 is 35.8 Å². The Labute approximate surface area is 182 Å². The number of rotatable bonds is 5. The van der Waals surface area contributed by atoms with Crippen molar-refractivity contribution < 1.29 is 0 Å². The second-order valence-corrected chi connectivity index (χ2v) is 7.19. The highest BCUT2D eigenvalue weighted by atomic mass is 35.5. The van der Waals surface area contributed by atoms with Crippen molar-refractivity contribution in [2.75, 3.05) is 37.6 Å². The van der Waals surface area contributed by atoms with Gasteiger partial charge in [0.05, 0.1) is 22.6 Å². The Balaban J connectivity index is 0.00000240. The number of piperazine rings is 1. The van der Waals surface area contributed by atoms with Crippen LogP contribution < -0.4 is 4.90 Å². The summed E-state index contributed by atoms with van der Waals surface area (Å²) in [5.74, 6) is 0.593. The van der Waals surface area contributed by atoms with Crippen molar-refractivity contribution in [2.45, 2.75) is 6.92 Å². The number of para-hydroxylation sites is 1. The van der Waals surface area contributed by atoms with Gasteiger partial charge < -0.3 is 4.90 Å². The molecular weight excluding hydrogens is 407 g/mol. The third-order valence-corrected chi connectivity index (χ3v) is 5.34. The molecule has 1 aliphatic heterocycles. The number of hydrogen-bond donors (Lipinski definition) is 0. The van der Waals surface area contributed by atoms with Crippen LogP contribution in [-0.2, 0) is 0 Å². The Bertz CT molecular complexity index is 949. The average molecular weight is 431 g/mol. The Morgan fingerprint density at radius 1 is 1.03 bits per heavy atom. The van der Waals surface area contributed by atoms with E-state index in [4.69, 9.17) is 11.6 Å². The Kier molecular flexibility index (Phi) is 7.25. The fourth-order valence-corrected chi connectivity index (χ4v) is 3.65. The standard InChI is InChI=1S/C21H23ClN6.ClH/c1-17-18(16-25-28(17)21-23-9-5-10-24-21)6-4-11-26-12-14-27(15-13-26)20-8-3-2-7-19(20)22;/h2-10,16H,11-15H2,1H3;1H/b6-4+;. The monoisotopic (exact) mass is 430 g/mol. The predicted molar refractivity (Wildman–Crippen MR) is 120 cm³/mol. The molecule has 1 fully saturated rings. The molecule has 0 spiro atoms. The highest BCUT2D eigenvalue weighted by Crippen LogP contribution is 2.26. The normalized spacial score (nSPS) is 14.9. The van der Waals surface area contributed by atoms with Crippen molar-refractivity contribution in [2.24, 2.45) is 0 Å². The van der Waals surface area contributed by atoms with Crippen molar-refractivity contribution in [3.8, 4) is 5.95 Å². The summed E-state index contributed by atoms with van der Waals surface area (Å²) in [5.41, 5.74) is 3.25. The molecule has 1 aromatic carbocycles. The largest absolute Gasteiger partial charge is 0.368 e. The van der Waals surface area contributed by atoms with Crippen molar-refractivity contribution in [1.82, 2.24) is 24.6 Å². The van der Waals surface area contributed by atoms with Gasteiger partial charge in [0.25, 0.3) is 5.95 Å². The van der Waals surface area contributed by atoms with Gasteiger partial charge >= 0.3 is 0 Å². The number of halogens is 2. The molecule has 0 N–H and O–H groups in total. The maximum Gasteiger partial charge on any atom is 0.250 e. The van der Waals surface area contributed by atoms with Crippen LogP contribution in [0.25, 0.3) is 12.0 Å². The summed E-state index contributed by atoms with van der Waals surface area (Å²) in [5, 5.41) is 5.24. The molecule has 2 aromatic heterocycles. The number of nitrogens with zero attached hydrogens (tertiary/aromatic N) is 6. The molecule has 4 rings (SSSR count). The molecular formula is C21H24Cl2N6. The van der Waals surface area contributed by atoms with Gasteiger partial charge in [0.1, 0.15) is 0 Å². The van der Waals surface area contributed by atoms with Crippen LogP contribution in [-0.4, -0.2) is 57.4 Å². The van der Waals surface area contributed by atoms with Gasteiger partial charge in [0.15, 0.2) is 0 Å². The lowest BCUT2D eigenvalue weighted by Crippen LogP contribution is -2.46. The second-order valence-electron chi connectivity index (χ2n) is 6.79. The lowest BCUT2D eigenvalue weighted by Gasteiger charge is -2.36. The molecule has 29 heavy (non-hydrogen) atoms. The van der Waals surface area contributed by atoms with Crippen LogP contribution >= 0.6 is 24.0 Å². The van der Waals surface area contributed by atoms with Crippen LogP contribution in [0.3, 0.4) is 0 Å². The van der Waals surface area contributed by atoms with Crippen LogP contribution in [0.5, 0.6) is 0 Å². The molecule has 0 amide bonds. The summed E-state index contributed by atoms with van der Waals surface area (Å²) in [7, 11) is 0. The molecule has 152 valence electrons. The minimum Gasteiger partial charge on any atom is -0.368 e. The summed E-state index contributed by atoms with van der Waals surface area (Å²) in [6.45, 7) is 6.96. The summed E-state index contributed by atoms with van der Waals surface area (Å²) in [6, 6.07) is 9.86. The third-order valence-electron chi connectivity index (χ3n) is 5.02. The Hall–Kier alpha value is -2.41. The molecule has 0 radical (unpaired) electrons. The quantitative estimate of drug-likeness (QED) is 0.614. The molecule has 3 heterocycles. The molecule has 8 heteroatoms. The van der Waals surface area contributed by atoms with Gasteiger partial charge in [-0.2, -0.15) is 5.10 Å². The van der Waals surface area contributed by atoms with Crippen LogP contribution in [0.4, 0.5) is 5.69 Å². The molecule has 1 aliphatic rings. The second kappa shape index (κ2) is 9.87. The molecule has 0 bridgehead atoms. The van der Waals surface area contributed by atoms with Gasteiger partial charge in [0, 0.05) is 50.7 Å². The molecule has 0 aliphatic carbocycles. The van der Waals surface area contributed by atoms with Crippen molar-refractivity contribution in [1.29, 1.82) is 0 Å². The van der Waals surface area contributed by atoms with Crippen LogP contribution in [0, 0.1) is 6.92 Å². The maximum atomic E-state index is 6.32. The summed E-state index contributed by atoms with van der Waals surface area (Å²) >= 11 is 6.32. The topological polar surface area (TPSA) is 50.1 Å². The smallest absolute Gasteiger partial charge is 0.250 e. The van der Waals surface area contributed by atoms with Gasteiger partial charge in [-0.05, 0) is 25.1 Å². The van der Waals surface area contributed by atoms with E-state index in [0.29, 0.717) is 5.95 Å². The molecule has 1 saturated heterocycles. The number of aromatic nitrogens is 4. The molecule has 3 aromatic rings. The minimum atomic E-state index is 0. The Morgan fingerprint density at radius 2 is 1.76 bits per heavy atom. The fraction of sp³-hybridized carbons (Fsp3) is 0.286. The number of benzene rings is 1. The van der Waals surface area contributed by atoms with Gasteiger partial charge in [-0.1, -0.05) is 35.9 Å². The van der Waals surface area contributed by atoms with E-state index in [-0.39, 0.29) is 12.4 Å².